The van der Waals surface area contributed by atoms with Crippen LogP contribution in [-0.4, -0.2) is 57.3 Å². The molecule has 0 bridgehead atoms. The minimum absolute atomic E-state index is 0.199. The Kier molecular flexibility index (Phi) is 14.3. The second kappa shape index (κ2) is 19.0. The van der Waals surface area contributed by atoms with Gasteiger partial charge in [0.05, 0.1) is 7.11 Å². The number of nitrogens with one attached hydrogen (secondary N) is 1. The van der Waals surface area contributed by atoms with Gasteiger partial charge in [0.15, 0.2) is 0 Å². The van der Waals surface area contributed by atoms with Gasteiger partial charge in [-0.3, -0.25) is 14.5 Å². The third kappa shape index (κ3) is 11.2. The fourth-order valence-electron chi connectivity index (χ4n) is 7.75. The number of carbonyl (C=O) groups excluding carboxylic acids is 2. The van der Waals surface area contributed by atoms with E-state index < -0.39 is 37.7 Å². The number of fused-ring (bicyclic) bond motifs is 1. The smallest absolute Gasteiger partial charge is 0.314 e. The van der Waals surface area contributed by atoms with Crippen LogP contribution in [0.15, 0.2) is 91.0 Å². The van der Waals surface area contributed by atoms with Crippen LogP contribution in [-0.2, 0) is 38.3 Å². The van der Waals surface area contributed by atoms with E-state index in [1.165, 1.54) is 34.9 Å². The van der Waals surface area contributed by atoms with Crippen molar-refractivity contribution in [2.75, 3.05) is 25.5 Å². The summed E-state index contributed by atoms with van der Waals surface area (Å²) in [6.45, 7) is 18.8. The first kappa shape index (κ1) is 45.0. The Labute approximate surface area is 362 Å². The van der Waals surface area contributed by atoms with Gasteiger partial charge in [-0.1, -0.05) is 75.4 Å². The number of anilines is 1. The Bertz CT molecular complexity index is 2240. The lowest BCUT2D eigenvalue weighted by Gasteiger charge is -2.47. The van der Waals surface area contributed by atoms with E-state index in [0.29, 0.717) is 18.7 Å². The van der Waals surface area contributed by atoms with Crippen LogP contribution in [0.3, 0.4) is 0 Å². The summed E-state index contributed by atoms with van der Waals surface area (Å²) < 4.78 is 25.5. The number of methoxy groups -OCH3 is 1. The summed E-state index contributed by atoms with van der Waals surface area (Å²) in [5.74, 6) is -0.215. The molecule has 1 fully saturated rings. The molecule has 5 aromatic rings. The first-order valence-corrected chi connectivity index (χ1v) is 24.2. The third-order valence-electron chi connectivity index (χ3n) is 10.9. The van der Waals surface area contributed by atoms with Gasteiger partial charge < -0.3 is 29.7 Å². The predicted octanol–water partition coefficient (Wildman–Crippen LogP) is 10.6. The van der Waals surface area contributed by atoms with E-state index in [4.69, 9.17) is 24.4 Å². The highest BCUT2D eigenvalue weighted by molar-refractivity contribution is 7.22. The van der Waals surface area contributed by atoms with E-state index in [-0.39, 0.29) is 12.3 Å². The lowest BCUT2D eigenvalue weighted by molar-refractivity contribution is -0.177. The van der Waals surface area contributed by atoms with Crippen molar-refractivity contribution in [1.29, 1.82) is 0 Å². The lowest BCUT2D eigenvalue weighted by atomic mass is 9.74. The molecule has 2 atom stereocenters. The monoisotopic (exact) mass is 848 g/mol. The van der Waals surface area contributed by atoms with Crippen LogP contribution in [0.4, 0.5) is 5.69 Å². The normalized spacial score (nSPS) is 15.2. The van der Waals surface area contributed by atoms with E-state index >= 15 is 0 Å². The molecule has 0 saturated carbocycles. The number of nitrogens with zero attached hydrogens (tertiary/aromatic N) is 1. The van der Waals surface area contributed by atoms with E-state index in [1.54, 1.807) is 39.2 Å². The number of rotatable bonds is 16. The molecule has 1 aromatic heterocycles. The minimum atomic E-state index is -1.43. The van der Waals surface area contributed by atoms with E-state index in [2.05, 4.69) is 58.7 Å². The average Bonchev–Trinajstić information content (AvgIpc) is 3.83. The molecule has 2 heterocycles. The van der Waals surface area contributed by atoms with Crippen LogP contribution in [0.2, 0.25) is 13.1 Å². The molecular weight excluding hydrogens is 787 g/mol. The molecule has 1 unspecified atom stereocenters. The summed E-state index contributed by atoms with van der Waals surface area (Å²) in [7, 11) is 0.397. The topological polar surface area (TPSA) is 112 Å². The molecule has 11 heteroatoms. The first-order chi connectivity index (χ1) is 28.4. The molecule has 6 rings (SSSR count). The number of nitrogens with two attached hydrogens (primary N) is 1. The van der Waals surface area contributed by atoms with Crippen LogP contribution in [0.1, 0.15) is 83.1 Å². The molecule has 60 heavy (non-hydrogen) atoms. The van der Waals surface area contributed by atoms with Gasteiger partial charge in [0.25, 0.3) is 0 Å². The fourth-order valence-corrected chi connectivity index (χ4v) is 10.1. The van der Waals surface area contributed by atoms with Gasteiger partial charge in [-0.2, -0.15) is 0 Å². The quantitative estimate of drug-likeness (QED) is 0.0574. The zero-order chi connectivity index (χ0) is 43.2. The van der Waals surface area contributed by atoms with Crippen molar-refractivity contribution in [1.82, 2.24) is 4.90 Å². The highest BCUT2D eigenvalue weighted by atomic mass is 32.1. The standard InChI is InChI=1S/C49H62N3O6SSi/c1-47(2,3)49(50,58-60(8)9)41(46(54)57-48(4,5)6)30-44(53)51-37-21-19-35(20-22-37)45-40(27-34-17-18-36(42(28-34)55-7)31-52-25-13-14-26-52)39-24-23-38(29-43(39)59-45)56-32-33-15-11-10-12-16-33/h10-12,15-24,28-29,41H,13-14,25-27,30-32,50H2,1-9H3,(H,51,53)/t41-,49?/m0/s1. The summed E-state index contributed by atoms with van der Waals surface area (Å²) in [4.78, 5) is 31.2. The van der Waals surface area contributed by atoms with Crippen molar-refractivity contribution in [3.8, 4) is 21.9 Å². The molecule has 3 N–H and O–H groups in total. The number of esters is 1. The van der Waals surface area contributed by atoms with E-state index in [1.807, 2.05) is 76.3 Å². The Morgan fingerprint density at radius 2 is 1.58 bits per heavy atom. The maximum absolute atomic E-state index is 13.8. The SMILES string of the molecule is COc1cc(Cc2c(-c3ccc(NC(=O)C[C@@H](C(=O)OC(C)(C)C)C(N)(O[Si](C)C)C(C)(C)C)cc3)sc3cc(OCc4ccccc4)ccc23)ccc1CN1CCCC1. The zero-order valence-electron chi connectivity index (χ0n) is 36.8. The van der Waals surface area contributed by atoms with Gasteiger partial charge >= 0.3 is 5.97 Å². The highest BCUT2D eigenvalue weighted by Crippen LogP contribution is 2.43. The van der Waals surface area contributed by atoms with E-state index in [0.717, 1.165) is 51.8 Å². The molecule has 0 aliphatic carbocycles. The van der Waals surface area contributed by atoms with Gasteiger partial charge in [-0.25, -0.2) is 0 Å². The summed E-state index contributed by atoms with van der Waals surface area (Å²) in [6.07, 6.45) is 3.00. The summed E-state index contributed by atoms with van der Waals surface area (Å²) >= 11 is 1.73. The predicted molar refractivity (Wildman–Crippen MR) is 246 cm³/mol. The van der Waals surface area contributed by atoms with Gasteiger partial charge in [0.2, 0.25) is 14.9 Å². The number of likely N-dealkylation sites (tertiary alicyclic amines) is 1. The van der Waals surface area contributed by atoms with Crippen molar-refractivity contribution >= 4 is 48.0 Å². The Morgan fingerprint density at radius 1 is 0.883 bits per heavy atom. The first-order valence-electron chi connectivity index (χ1n) is 20.9. The molecule has 1 aliphatic heterocycles. The number of thiophene rings is 1. The fraction of sp³-hybridized carbons (Fsp3) is 0.429. The Balaban J connectivity index is 1.28. The molecule has 319 valence electrons. The maximum Gasteiger partial charge on any atom is 0.314 e. The van der Waals surface area contributed by atoms with Gasteiger partial charge in [-0.15, -0.1) is 11.3 Å². The molecular formula is C49H62N3O6SSi. The lowest BCUT2D eigenvalue weighted by Crippen LogP contribution is -2.63. The summed E-state index contributed by atoms with van der Waals surface area (Å²) in [5.41, 5.74) is 10.5. The molecule has 0 spiro atoms. The van der Waals surface area contributed by atoms with Crippen LogP contribution < -0.4 is 20.5 Å². The van der Waals surface area contributed by atoms with Crippen LogP contribution in [0.5, 0.6) is 11.5 Å². The Morgan fingerprint density at radius 3 is 2.22 bits per heavy atom. The van der Waals surface area contributed by atoms with Crippen molar-refractivity contribution in [2.45, 2.75) is 105 Å². The van der Waals surface area contributed by atoms with Crippen molar-refractivity contribution in [3.63, 3.8) is 0 Å². The largest absolute Gasteiger partial charge is 0.496 e. The van der Waals surface area contributed by atoms with Crippen LogP contribution in [0.25, 0.3) is 20.5 Å². The molecule has 1 radical (unpaired) electrons. The van der Waals surface area contributed by atoms with Crippen molar-refractivity contribution in [2.24, 2.45) is 17.1 Å². The maximum atomic E-state index is 13.8. The zero-order valence-corrected chi connectivity index (χ0v) is 38.6. The molecule has 1 saturated heterocycles. The summed E-state index contributed by atoms with van der Waals surface area (Å²) in [6, 6.07) is 31.0. The second-order valence-electron chi connectivity index (χ2n) is 18.1. The third-order valence-corrected chi connectivity index (χ3v) is 12.9. The van der Waals surface area contributed by atoms with Crippen LogP contribution in [0, 0.1) is 11.3 Å². The van der Waals surface area contributed by atoms with Crippen molar-refractivity contribution in [3.05, 3.63) is 113 Å². The average molecular weight is 849 g/mol. The Hall–Kier alpha value is -4.52. The van der Waals surface area contributed by atoms with E-state index in [9.17, 15) is 9.59 Å². The van der Waals surface area contributed by atoms with Gasteiger partial charge in [0, 0.05) is 39.2 Å². The molecule has 1 aliphatic rings. The van der Waals surface area contributed by atoms with Crippen LogP contribution >= 0.6 is 11.3 Å². The highest BCUT2D eigenvalue weighted by Gasteiger charge is 2.52. The summed E-state index contributed by atoms with van der Waals surface area (Å²) in [5, 5.41) is 4.19. The van der Waals surface area contributed by atoms with Gasteiger partial charge in [-0.05, 0) is 130 Å². The molecule has 9 nitrogen and oxygen atoms in total. The van der Waals surface area contributed by atoms with Gasteiger partial charge in [0.1, 0.15) is 35.3 Å². The second-order valence-corrected chi connectivity index (χ2v) is 21.2. The number of carbonyl (C=O) groups is 2. The minimum Gasteiger partial charge on any atom is -0.496 e. The molecule has 1 amide bonds. The number of hydrogen-bond acceptors (Lipinski definition) is 9. The molecule has 4 aromatic carbocycles. The number of hydrogen-bond donors (Lipinski definition) is 2. The number of benzene rings is 4. The van der Waals surface area contributed by atoms with Crippen molar-refractivity contribution < 1.29 is 28.2 Å². The number of ether oxygens (including phenoxy) is 3. The number of amides is 1.